The highest BCUT2D eigenvalue weighted by atomic mass is 16.5. The number of imidazole rings is 1. The Kier molecular flexibility index (Phi) is 5.00. The SMILES string of the molecule is CCCCC#Cc1nc(N)c2nc(-c3ccc[nH]3)n([C@@H]3OC[C@@H](O)[C@H]3O)c2n1. The van der Waals surface area contributed by atoms with Crippen LogP contribution in [0.5, 0.6) is 0 Å². The summed E-state index contributed by atoms with van der Waals surface area (Å²) in [5, 5.41) is 20.4. The fourth-order valence-electron chi connectivity index (χ4n) is 3.17. The molecule has 9 nitrogen and oxygen atoms in total. The lowest BCUT2D eigenvalue weighted by Crippen LogP contribution is -2.28. The van der Waals surface area contributed by atoms with E-state index >= 15 is 0 Å². The summed E-state index contributed by atoms with van der Waals surface area (Å²) in [6.45, 7) is 2.12. The molecule has 3 aromatic heterocycles. The summed E-state index contributed by atoms with van der Waals surface area (Å²) in [5.41, 5.74) is 7.61. The average Bonchev–Trinajstić information content (AvgIpc) is 3.39. The molecule has 0 aromatic carbocycles. The minimum atomic E-state index is -1.12. The van der Waals surface area contributed by atoms with Crippen molar-refractivity contribution in [1.82, 2.24) is 24.5 Å². The van der Waals surface area contributed by atoms with Crippen LogP contribution in [0.15, 0.2) is 18.3 Å². The molecule has 3 aromatic rings. The van der Waals surface area contributed by atoms with Gasteiger partial charge in [0.25, 0.3) is 0 Å². The van der Waals surface area contributed by atoms with Crippen molar-refractivity contribution < 1.29 is 14.9 Å². The van der Waals surface area contributed by atoms with Crippen molar-refractivity contribution in [2.45, 2.75) is 44.6 Å². The van der Waals surface area contributed by atoms with Crippen LogP contribution in [-0.4, -0.2) is 53.5 Å². The number of anilines is 1. The Hall–Kier alpha value is -2.93. The highest BCUT2D eigenvalue weighted by Crippen LogP contribution is 2.34. The van der Waals surface area contributed by atoms with Crippen LogP contribution < -0.4 is 5.73 Å². The summed E-state index contributed by atoms with van der Waals surface area (Å²) in [6, 6.07) is 3.67. The summed E-state index contributed by atoms with van der Waals surface area (Å²) in [5.74, 6) is 6.95. The number of aromatic nitrogens is 5. The van der Waals surface area contributed by atoms with Gasteiger partial charge in [0, 0.05) is 12.6 Å². The zero-order valence-electron chi connectivity index (χ0n) is 15.5. The van der Waals surface area contributed by atoms with Crippen LogP contribution in [0.4, 0.5) is 5.82 Å². The fourth-order valence-corrected chi connectivity index (χ4v) is 3.17. The molecule has 4 rings (SSSR count). The van der Waals surface area contributed by atoms with Gasteiger partial charge in [-0.1, -0.05) is 19.3 Å². The third-order valence-electron chi connectivity index (χ3n) is 4.64. The Bertz CT molecular complexity index is 1030. The number of hydrogen-bond donors (Lipinski definition) is 4. The number of H-pyrrole nitrogens is 1. The zero-order valence-corrected chi connectivity index (χ0v) is 15.5. The summed E-state index contributed by atoms with van der Waals surface area (Å²) in [4.78, 5) is 16.4. The second-order valence-corrected chi connectivity index (χ2v) is 6.68. The first-order chi connectivity index (χ1) is 13.6. The lowest BCUT2D eigenvalue weighted by atomic mass is 10.2. The molecule has 146 valence electrons. The van der Waals surface area contributed by atoms with Crippen LogP contribution in [0.1, 0.15) is 38.2 Å². The van der Waals surface area contributed by atoms with Crippen molar-refractivity contribution in [2.75, 3.05) is 12.3 Å². The van der Waals surface area contributed by atoms with Crippen molar-refractivity contribution in [2.24, 2.45) is 0 Å². The average molecular weight is 382 g/mol. The Morgan fingerprint density at radius 3 is 2.89 bits per heavy atom. The Morgan fingerprint density at radius 1 is 1.36 bits per heavy atom. The molecule has 28 heavy (non-hydrogen) atoms. The predicted octanol–water partition coefficient (Wildman–Crippen LogP) is 1.20. The first-order valence-electron chi connectivity index (χ1n) is 9.26. The smallest absolute Gasteiger partial charge is 0.208 e. The number of nitrogens with zero attached hydrogens (tertiary/aromatic N) is 4. The normalized spacial score (nSPS) is 21.8. The lowest BCUT2D eigenvalue weighted by Gasteiger charge is -2.19. The van der Waals surface area contributed by atoms with Gasteiger partial charge < -0.3 is 25.7 Å². The zero-order chi connectivity index (χ0) is 19.7. The largest absolute Gasteiger partial charge is 0.388 e. The van der Waals surface area contributed by atoms with Gasteiger partial charge in [0.1, 0.15) is 12.2 Å². The molecule has 0 amide bonds. The summed E-state index contributed by atoms with van der Waals surface area (Å²) < 4.78 is 7.27. The molecular weight excluding hydrogens is 360 g/mol. The third kappa shape index (κ3) is 3.22. The number of nitrogen functional groups attached to an aromatic ring is 1. The molecule has 0 aliphatic carbocycles. The Balaban J connectivity index is 1.88. The van der Waals surface area contributed by atoms with Crippen LogP contribution >= 0.6 is 0 Å². The van der Waals surface area contributed by atoms with Crippen LogP contribution in [-0.2, 0) is 4.74 Å². The number of nitrogens with one attached hydrogen (secondary N) is 1. The number of aliphatic hydroxyl groups is 2. The van der Waals surface area contributed by atoms with Crippen LogP contribution in [0.25, 0.3) is 22.7 Å². The number of aromatic amines is 1. The second-order valence-electron chi connectivity index (χ2n) is 6.68. The molecule has 9 heteroatoms. The van der Waals surface area contributed by atoms with Gasteiger partial charge in [-0.05, 0) is 24.5 Å². The van der Waals surface area contributed by atoms with Crippen molar-refractivity contribution >= 4 is 17.0 Å². The van der Waals surface area contributed by atoms with E-state index in [1.54, 1.807) is 10.8 Å². The maximum atomic E-state index is 10.4. The van der Waals surface area contributed by atoms with Gasteiger partial charge in [-0.2, -0.15) is 0 Å². The molecule has 5 N–H and O–H groups in total. The molecular formula is C19H22N6O3. The van der Waals surface area contributed by atoms with E-state index in [0.717, 1.165) is 19.3 Å². The van der Waals surface area contributed by atoms with E-state index in [0.29, 0.717) is 22.7 Å². The van der Waals surface area contributed by atoms with Crippen molar-refractivity contribution in [3.63, 3.8) is 0 Å². The number of fused-ring (bicyclic) bond motifs is 1. The van der Waals surface area contributed by atoms with Gasteiger partial charge in [0.05, 0.1) is 12.3 Å². The number of ether oxygens (including phenoxy) is 1. The van der Waals surface area contributed by atoms with Crippen LogP contribution in [0.3, 0.4) is 0 Å². The van der Waals surface area contributed by atoms with Gasteiger partial charge >= 0.3 is 0 Å². The molecule has 0 spiro atoms. The molecule has 0 unspecified atom stereocenters. The van der Waals surface area contributed by atoms with E-state index in [4.69, 9.17) is 10.5 Å². The number of hydrogen-bond acceptors (Lipinski definition) is 7. The maximum Gasteiger partial charge on any atom is 0.208 e. The minimum Gasteiger partial charge on any atom is -0.388 e. The van der Waals surface area contributed by atoms with E-state index in [9.17, 15) is 10.2 Å². The van der Waals surface area contributed by atoms with E-state index in [1.165, 1.54) is 0 Å². The van der Waals surface area contributed by atoms with Gasteiger partial charge in [0.2, 0.25) is 5.82 Å². The van der Waals surface area contributed by atoms with Crippen LogP contribution in [0, 0.1) is 11.8 Å². The highest BCUT2D eigenvalue weighted by molar-refractivity contribution is 5.85. The lowest BCUT2D eigenvalue weighted by molar-refractivity contribution is -0.0153. The number of nitrogens with two attached hydrogens (primary N) is 1. The topological polar surface area (TPSA) is 135 Å². The molecule has 1 fully saturated rings. The fraction of sp³-hybridized carbons (Fsp3) is 0.421. The van der Waals surface area contributed by atoms with E-state index in [1.807, 2.05) is 12.1 Å². The summed E-state index contributed by atoms with van der Waals surface area (Å²) in [6.07, 6.45) is 1.60. The Morgan fingerprint density at radius 2 is 2.21 bits per heavy atom. The molecule has 1 aliphatic rings. The molecule has 1 saturated heterocycles. The van der Waals surface area contributed by atoms with E-state index in [2.05, 4.69) is 38.7 Å². The molecule has 1 aliphatic heterocycles. The number of unbranched alkanes of at least 4 members (excludes halogenated alkanes) is 2. The maximum absolute atomic E-state index is 10.4. The second kappa shape index (κ2) is 7.59. The first kappa shape index (κ1) is 18.4. The quantitative estimate of drug-likeness (QED) is 0.393. The first-order valence-corrected chi connectivity index (χ1v) is 9.26. The summed E-state index contributed by atoms with van der Waals surface area (Å²) >= 11 is 0. The number of aliphatic hydroxyl groups excluding tert-OH is 2. The number of rotatable bonds is 4. The van der Waals surface area contributed by atoms with Crippen molar-refractivity contribution in [3.05, 3.63) is 24.2 Å². The Labute approximate surface area is 161 Å². The van der Waals surface area contributed by atoms with Crippen molar-refractivity contribution in [3.8, 4) is 23.4 Å². The van der Waals surface area contributed by atoms with Gasteiger partial charge in [-0.15, -0.1) is 0 Å². The van der Waals surface area contributed by atoms with E-state index in [-0.39, 0.29) is 18.2 Å². The standard InChI is InChI=1S/C19H22N6O3/c1-2-3-4-5-8-13-22-16(20)14-18(23-13)25(19-15(27)12(26)10-28-19)17(24-14)11-7-6-9-21-11/h6-7,9,12,15,19,21,26-27H,2-4,10H2,1H3,(H2,20,22,23)/t12-,15-,19-/m1/s1. The highest BCUT2D eigenvalue weighted by Gasteiger charge is 2.39. The molecule has 0 radical (unpaired) electrons. The van der Waals surface area contributed by atoms with Gasteiger partial charge in [0.15, 0.2) is 29.0 Å². The molecule has 4 heterocycles. The molecule has 3 atom stereocenters. The minimum absolute atomic E-state index is 0.0138. The summed E-state index contributed by atoms with van der Waals surface area (Å²) in [7, 11) is 0. The monoisotopic (exact) mass is 382 g/mol. The van der Waals surface area contributed by atoms with Gasteiger partial charge in [-0.25, -0.2) is 15.0 Å². The van der Waals surface area contributed by atoms with Crippen LogP contribution in [0.2, 0.25) is 0 Å². The van der Waals surface area contributed by atoms with E-state index < -0.39 is 18.4 Å². The molecule has 0 saturated carbocycles. The third-order valence-corrected chi connectivity index (χ3v) is 4.64. The molecule has 0 bridgehead atoms. The predicted molar refractivity (Wildman–Crippen MR) is 103 cm³/mol. The van der Waals surface area contributed by atoms with Crippen molar-refractivity contribution in [1.29, 1.82) is 0 Å². The van der Waals surface area contributed by atoms with Gasteiger partial charge in [-0.3, -0.25) is 4.57 Å².